The summed E-state index contributed by atoms with van der Waals surface area (Å²) in [5.74, 6) is 2.84. The number of anilines is 3. The molecule has 0 radical (unpaired) electrons. The van der Waals surface area contributed by atoms with E-state index < -0.39 is 0 Å². The van der Waals surface area contributed by atoms with E-state index in [0.717, 1.165) is 82.9 Å². The molecule has 0 amide bonds. The van der Waals surface area contributed by atoms with Crippen molar-refractivity contribution in [3.63, 3.8) is 0 Å². The van der Waals surface area contributed by atoms with Crippen LogP contribution in [0.15, 0.2) is 18.3 Å². The summed E-state index contributed by atoms with van der Waals surface area (Å²) in [6.07, 6.45) is 6.60. The summed E-state index contributed by atoms with van der Waals surface area (Å²) >= 11 is 0. The second kappa shape index (κ2) is 7.87. The molecular weight excluding hydrogens is 354 g/mol. The van der Waals surface area contributed by atoms with Gasteiger partial charge in [-0.15, -0.1) is 5.10 Å². The van der Waals surface area contributed by atoms with Crippen molar-refractivity contribution in [2.45, 2.75) is 25.7 Å². The number of fused-ring (bicyclic) bond motifs is 1. The molecule has 8 heteroatoms. The predicted molar refractivity (Wildman–Crippen MR) is 108 cm³/mol. The topological polar surface area (TPSA) is 70.5 Å². The average Bonchev–Trinajstić information content (AvgIpc) is 2.79. The highest BCUT2D eigenvalue weighted by Gasteiger charge is 2.22. The quantitative estimate of drug-likeness (QED) is 0.788. The molecule has 2 aromatic heterocycles. The van der Waals surface area contributed by atoms with E-state index in [-0.39, 0.29) is 0 Å². The molecule has 0 bridgehead atoms. The van der Waals surface area contributed by atoms with E-state index in [0.29, 0.717) is 0 Å². The van der Waals surface area contributed by atoms with Crippen LogP contribution in [0.2, 0.25) is 0 Å². The van der Waals surface area contributed by atoms with Gasteiger partial charge < -0.3 is 19.4 Å². The molecule has 2 fully saturated rings. The molecule has 8 nitrogen and oxygen atoms in total. The largest absolute Gasteiger partial charge is 0.378 e. The Bertz CT molecular complexity index is 816. The van der Waals surface area contributed by atoms with Gasteiger partial charge in [-0.1, -0.05) is 0 Å². The third-order valence-corrected chi connectivity index (χ3v) is 5.91. The smallest absolute Gasteiger partial charge is 0.227 e. The number of aryl methyl sites for hydroxylation is 2. The third-order valence-electron chi connectivity index (χ3n) is 5.91. The van der Waals surface area contributed by atoms with Crippen molar-refractivity contribution >= 4 is 17.6 Å². The molecule has 0 aromatic carbocycles. The maximum absolute atomic E-state index is 5.43. The van der Waals surface area contributed by atoms with Crippen molar-refractivity contribution in [1.29, 1.82) is 0 Å². The van der Waals surface area contributed by atoms with Gasteiger partial charge in [0.05, 0.1) is 18.9 Å². The third kappa shape index (κ3) is 3.61. The number of morpholine rings is 1. The Morgan fingerprint density at radius 3 is 2.36 bits per heavy atom. The van der Waals surface area contributed by atoms with Crippen LogP contribution in [-0.4, -0.2) is 72.6 Å². The zero-order chi connectivity index (χ0) is 18.8. The Balaban J connectivity index is 1.25. The van der Waals surface area contributed by atoms with Crippen LogP contribution >= 0.6 is 0 Å². The van der Waals surface area contributed by atoms with E-state index >= 15 is 0 Å². The monoisotopic (exact) mass is 381 g/mol. The first kappa shape index (κ1) is 17.6. The van der Waals surface area contributed by atoms with Crippen molar-refractivity contribution in [1.82, 2.24) is 20.2 Å². The maximum atomic E-state index is 5.43. The molecule has 0 unspecified atom stereocenters. The van der Waals surface area contributed by atoms with E-state index in [1.165, 1.54) is 24.1 Å². The van der Waals surface area contributed by atoms with Crippen molar-refractivity contribution in [3.05, 3.63) is 29.6 Å². The molecule has 0 atom stereocenters. The molecule has 5 rings (SSSR count). The van der Waals surface area contributed by atoms with Crippen LogP contribution in [0.25, 0.3) is 0 Å². The number of ether oxygens (including phenoxy) is 1. The number of aromatic nitrogens is 4. The molecule has 2 aliphatic heterocycles. The summed E-state index contributed by atoms with van der Waals surface area (Å²) in [6.45, 7) is 6.93. The van der Waals surface area contributed by atoms with Gasteiger partial charge >= 0.3 is 0 Å². The SMILES string of the molecule is c1cc(N2CCN(c3cc4c(nn3)CCCC4)CC2)nc(N2CCOCC2)n1. The van der Waals surface area contributed by atoms with Crippen LogP contribution in [0.3, 0.4) is 0 Å². The summed E-state index contributed by atoms with van der Waals surface area (Å²) in [5, 5.41) is 9.00. The standard InChI is InChI=1S/C20H27N7O/c1-2-4-17-16(3-1)15-19(24-23-17)26-9-7-25(8-10-26)18-5-6-21-20(22-18)27-11-13-28-14-12-27/h5-6,15H,1-4,7-14H2. The Labute approximate surface area is 165 Å². The molecule has 0 spiro atoms. The van der Waals surface area contributed by atoms with Gasteiger partial charge in [0.2, 0.25) is 5.95 Å². The van der Waals surface area contributed by atoms with Crippen molar-refractivity contribution in [3.8, 4) is 0 Å². The van der Waals surface area contributed by atoms with Crippen LogP contribution in [-0.2, 0) is 17.6 Å². The molecule has 1 aliphatic carbocycles. The fraction of sp³-hybridized carbons (Fsp3) is 0.600. The van der Waals surface area contributed by atoms with Gasteiger partial charge in [0.1, 0.15) is 5.82 Å². The minimum atomic E-state index is 0.744. The summed E-state index contributed by atoms with van der Waals surface area (Å²) in [4.78, 5) is 16.2. The van der Waals surface area contributed by atoms with Crippen molar-refractivity contribution < 1.29 is 4.74 Å². The van der Waals surface area contributed by atoms with Crippen molar-refractivity contribution in [2.24, 2.45) is 0 Å². The highest BCUT2D eigenvalue weighted by Crippen LogP contribution is 2.24. The van der Waals surface area contributed by atoms with Gasteiger partial charge in [0.25, 0.3) is 0 Å². The van der Waals surface area contributed by atoms with Gasteiger partial charge in [-0.3, -0.25) is 0 Å². The van der Waals surface area contributed by atoms with E-state index in [1.54, 1.807) is 0 Å². The summed E-state index contributed by atoms with van der Waals surface area (Å²) < 4.78 is 5.43. The van der Waals surface area contributed by atoms with E-state index in [9.17, 15) is 0 Å². The fourth-order valence-electron chi connectivity index (χ4n) is 4.23. The molecule has 0 N–H and O–H groups in total. The highest BCUT2D eigenvalue weighted by molar-refractivity contribution is 5.48. The molecule has 2 saturated heterocycles. The van der Waals surface area contributed by atoms with Crippen LogP contribution in [0.1, 0.15) is 24.1 Å². The Hall–Kier alpha value is -2.48. The van der Waals surface area contributed by atoms with Crippen LogP contribution in [0, 0.1) is 0 Å². The fourth-order valence-corrected chi connectivity index (χ4v) is 4.23. The second-order valence-electron chi connectivity index (χ2n) is 7.67. The van der Waals surface area contributed by atoms with Gasteiger partial charge in [-0.25, -0.2) is 4.98 Å². The zero-order valence-corrected chi connectivity index (χ0v) is 16.3. The molecule has 148 valence electrons. The lowest BCUT2D eigenvalue weighted by molar-refractivity contribution is 0.122. The lowest BCUT2D eigenvalue weighted by Gasteiger charge is -2.36. The Kier molecular flexibility index (Phi) is 4.95. The molecule has 4 heterocycles. The average molecular weight is 381 g/mol. The van der Waals surface area contributed by atoms with E-state index in [4.69, 9.17) is 9.72 Å². The molecule has 3 aliphatic rings. The van der Waals surface area contributed by atoms with Crippen LogP contribution < -0.4 is 14.7 Å². The second-order valence-corrected chi connectivity index (χ2v) is 7.67. The van der Waals surface area contributed by atoms with Gasteiger partial charge in [0.15, 0.2) is 5.82 Å². The molecule has 2 aromatic rings. The number of nitrogens with zero attached hydrogens (tertiary/aromatic N) is 7. The predicted octanol–water partition coefficient (Wildman–Crippen LogP) is 1.31. The van der Waals surface area contributed by atoms with Gasteiger partial charge in [-0.2, -0.15) is 10.1 Å². The van der Waals surface area contributed by atoms with Crippen LogP contribution in [0.5, 0.6) is 0 Å². The Morgan fingerprint density at radius 2 is 1.54 bits per heavy atom. The molecule has 0 saturated carbocycles. The highest BCUT2D eigenvalue weighted by atomic mass is 16.5. The van der Waals surface area contributed by atoms with Gasteiger partial charge in [0, 0.05) is 45.5 Å². The molecule has 28 heavy (non-hydrogen) atoms. The minimum absolute atomic E-state index is 0.744. The van der Waals surface area contributed by atoms with E-state index in [2.05, 4.69) is 35.9 Å². The molecular formula is C20H27N7O. The first-order valence-electron chi connectivity index (χ1n) is 10.4. The number of piperazine rings is 1. The lowest BCUT2D eigenvalue weighted by Crippen LogP contribution is -2.47. The number of rotatable bonds is 3. The van der Waals surface area contributed by atoms with Crippen LogP contribution in [0.4, 0.5) is 17.6 Å². The summed E-state index contributed by atoms with van der Waals surface area (Å²) in [5.41, 5.74) is 2.59. The maximum Gasteiger partial charge on any atom is 0.227 e. The summed E-state index contributed by atoms with van der Waals surface area (Å²) in [6, 6.07) is 4.27. The first-order chi connectivity index (χ1) is 13.9. The van der Waals surface area contributed by atoms with E-state index in [1.807, 2.05) is 12.3 Å². The lowest BCUT2D eigenvalue weighted by atomic mass is 9.97. The Morgan fingerprint density at radius 1 is 0.786 bits per heavy atom. The number of hydrogen-bond donors (Lipinski definition) is 0. The normalized spacial score (nSPS) is 20.2. The minimum Gasteiger partial charge on any atom is -0.378 e. The number of hydrogen-bond acceptors (Lipinski definition) is 8. The van der Waals surface area contributed by atoms with Gasteiger partial charge in [-0.05, 0) is 43.4 Å². The first-order valence-corrected chi connectivity index (χ1v) is 10.4. The zero-order valence-electron chi connectivity index (χ0n) is 16.3. The van der Waals surface area contributed by atoms with Crippen molar-refractivity contribution in [2.75, 3.05) is 67.2 Å². The summed E-state index contributed by atoms with van der Waals surface area (Å²) in [7, 11) is 0.